The van der Waals surface area contributed by atoms with Crippen LogP contribution in [0.5, 0.6) is 5.75 Å². The molecule has 50 heavy (non-hydrogen) atoms. The lowest BCUT2D eigenvalue weighted by molar-refractivity contribution is -0.145. The number of halogens is 2. The molecule has 1 amide bonds. The number of hydrogen-bond acceptors (Lipinski definition) is 7. The van der Waals surface area contributed by atoms with E-state index in [4.69, 9.17) is 19.9 Å². The molecule has 0 saturated carbocycles. The molecule has 266 valence electrons. The Morgan fingerprint density at radius 2 is 1.38 bits per heavy atom. The summed E-state index contributed by atoms with van der Waals surface area (Å²) in [7, 11) is -1.51. The molecule has 9 nitrogen and oxygen atoms in total. The standard InChI is InChI=1S/C38H43FN2O7Si.ClH/c1-49(2,3)19-18-46-37(44)34(41-38(45)48-25-27-12-8-5-9-13-27)23-31-21-29(15-17-35(31)47-24-26-10-6-4-7-11-26)28-14-16-32(39)30(20-28)22-33(40)36(42)43;/h4-17,20-21,33-34H,18-19,22-25,40H2,1-3H3,(H,41,45)(H,42,43);1H/t33-,34-;/m0./s1. The summed E-state index contributed by atoms with van der Waals surface area (Å²) in [5, 5.41) is 12.0. The van der Waals surface area contributed by atoms with Gasteiger partial charge in [0.05, 0.1) is 6.61 Å². The third-order valence-electron chi connectivity index (χ3n) is 7.74. The maximum absolute atomic E-state index is 14.7. The first-order valence-electron chi connectivity index (χ1n) is 16.1. The van der Waals surface area contributed by atoms with E-state index < -0.39 is 44.0 Å². The fourth-order valence-corrected chi connectivity index (χ4v) is 5.62. The summed E-state index contributed by atoms with van der Waals surface area (Å²) in [6.45, 7) is 7.02. The first kappa shape index (κ1) is 39.7. The molecule has 0 saturated heterocycles. The SMILES string of the molecule is C[Si](C)(C)CCOC(=O)[C@H](Cc1cc(-c2ccc(F)c(C[C@H](N)C(=O)O)c2)ccc1OCc1ccccc1)NC(=O)OCc1ccccc1.Cl. The van der Waals surface area contributed by atoms with Crippen LogP contribution in [0.25, 0.3) is 11.1 Å². The maximum Gasteiger partial charge on any atom is 0.408 e. The lowest BCUT2D eigenvalue weighted by atomic mass is 9.95. The lowest BCUT2D eigenvalue weighted by Crippen LogP contribution is -2.44. The molecule has 0 unspecified atom stereocenters. The average molecular weight is 723 g/mol. The van der Waals surface area contributed by atoms with E-state index >= 15 is 0 Å². The fourth-order valence-electron chi connectivity index (χ4n) is 4.91. The number of aliphatic carboxylic acids is 1. The van der Waals surface area contributed by atoms with E-state index in [1.807, 2.05) is 60.7 Å². The molecule has 0 spiro atoms. The number of esters is 1. The first-order chi connectivity index (χ1) is 23.4. The van der Waals surface area contributed by atoms with Crippen molar-refractivity contribution in [2.24, 2.45) is 5.73 Å². The van der Waals surface area contributed by atoms with E-state index in [9.17, 15) is 23.9 Å². The molecule has 4 N–H and O–H groups in total. The molecular formula is C38H44ClFN2O7Si. The number of nitrogens with one attached hydrogen (secondary N) is 1. The van der Waals surface area contributed by atoms with Crippen LogP contribution < -0.4 is 15.8 Å². The summed E-state index contributed by atoms with van der Waals surface area (Å²) in [6, 6.07) is 26.9. The predicted molar refractivity (Wildman–Crippen MR) is 196 cm³/mol. The predicted octanol–water partition coefficient (Wildman–Crippen LogP) is 7.17. The van der Waals surface area contributed by atoms with Gasteiger partial charge in [-0.1, -0.05) is 92.4 Å². The number of carbonyl (C=O) groups excluding carboxylic acids is 2. The number of nitrogens with two attached hydrogens (primary N) is 1. The van der Waals surface area contributed by atoms with Gasteiger partial charge in [-0.15, -0.1) is 12.4 Å². The minimum Gasteiger partial charge on any atom is -0.489 e. The Balaban J connectivity index is 0.00000676. The summed E-state index contributed by atoms with van der Waals surface area (Å²) < 4.78 is 32.0. The van der Waals surface area contributed by atoms with Crippen LogP contribution in [0.2, 0.25) is 25.7 Å². The summed E-state index contributed by atoms with van der Waals surface area (Å²) in [4.78, 5) is 37.8. The van der Waals surface area contributed by atoms with Crippen molar-refractivity contribution in [1.82, 2.24) is 5.32 Å². The van der Waals surface area contributed by atoms with Crippen LogP contribution in [0.4, 0.5) is 9.18 Å². The number of carboxylic acid groups (broad SMARTS) is 1. The third-order valence-corrected chi connectivity index (χ3v) is 9.45. The number of hydrogen-bond donors (Lipinski definition) is 3. The maximum atomic E-state index is 14.7. The highest BCUT2D eigenvalue weighted by Crippen LogP contribution is 2.30. The van der Waals surface area contributed by atoms with Crippen LogP contribution in [-0.2, 0) is 45.1 Å². The monoisotopic (exact) mass is 722 g/mol. The van der Waals surface area contributed by atoms with Gasteiger partial charge in [0.1, 0.15) is 36.9 Å². The van der Waals surface area contributed by atoms with E-state index in [-0.39, 0.29) is 50.6 Å². The van der Waals surface area contributed by atoms with Crippen LogP contribution in [0, 0.1) is 5.82 Å². The summed E-state index contributed by atoms with van der Waals surface area (Å²) in [6.07, 6.45) is -0.973. The highest BCUT2D eigenvalue weighted by Gasteiger charge is 2.27. The molecule has 0 bridgehead atoms. The van der Waals surface area contributed by atoms with E-state index in [0.29, 0.717) is 22.4 Å². The Bertz CT molecular complexity index is 1720. The Morgan fingerprint density at radius 3 is 1.98 bits per heavy atom. The molecule has 0 aliphatic heterocycles. The third kappa shape index (κ3) is 12.6. The van der Waals surface area contributed by atoms with Gasteiger partial charge in [0.15, 0.2) is 0 Å². The fraction of sp³-hybridized carbons (Fsp3) is 0.289. The Morgan fingerprint density at radius 1 is 0.800 bits per heavy atom. The average Bonchev–Trinajstić information content (AvgIpc) is 3.07. The molecule has 2 atom stereocenters. The van der Waals surface area contributed by atoms with Crippen molar-refractivity contribution >= 4 is 38.5 Å². The molecule has 4 aromatic rings. The highest BCUT2D eigenvalue weighted by atomic mass is 35.5. The highest BCUT2D eigenvalue weighted by molar-refractivity contribution is 6.76. The van der Waals surface area contributed by atoms with E-state index in [1.54, 1.807) is 30.3 Å². The van der Waals surface area contributed by atoms with Gasteiger partial charge in [0.25, 0.3) is 0 Å². The molecule has 4 aromatic carbocycles. The van der Waals surface area contributed by atoms with Crippen LogP contribution in [-0.4, -0.2) is 49.9 Å². The van der Waals surface area contributed by atoms with Crippen LogP contribution in [0.3, 0.4) is 0 Å². The van der Waals surface area contributed by atoms with Crippen molar-refractivity contribution in [2.75, 3.05) is 6.61 Å². The van der Waals surface area contributed by atoms with Crippen LogP contribution >= 0.6 is 12.4 Å². The van der Waals surface area contributed by atoms with Gasteiger partial charge in [0, 0.05) is 20.9 Å². The van der Waals surface area contributed by atoms with Crippen molar-refractivity contribution in [3.8, 4) is 16.9 Å². The van der Waals surface area contributed by atoms with Crippen molar-refractivity contribution in [2.45, 2.75) is 63.8 Å². The van der Waals surface area contributed by atoms with Crippen LogP contribution in [0.1, 0.15) is 22.3 Å². The second-order valence-corrected chi connectivity index (χ2v) is 18.6. The Hall–Kier alpha value is -4.71. The quantitative estimate of drug-likeness (QED) is 0.0818. The number of amides is 1. The molecular weight excluding hydrogens is 679 g/mol. The minimum atomic E-state index is -1.51. The summed E-state index contributed by atoms with van der Waals surface area (Å²) in [5.74, 6) is -1.93. The topological polar surface area (TPSA) is 137 Å². The van der Waals surface area contributed by atoms with E-state index in [1.165, 1.54) is 6.07 Å². The number of carboxylic acids is 1. The largest absolute Gasteiger partial charge is 0.489 e. The van der Waals surface area contributed by atoms with Gasteiger partial charge in [-0.25, -0.2) is 14.0 Å². The number of ether oxygens (including phenoxy) is 3. The second-order valence-electron chi connectivity index (χ2n) is 13.0. The normalized spacial score (nSPS) is 12.2. The first-order valence-corrected chi connectivity index (χ1v) is 19.8. The molecule has 0 heterocycles. The molecule has 0 aromatic heterocycles. The second kappa shape index (κ2) is 18.9. The van der Waals surface area contributed by atoms with Crippen molar-refractivity contribution in [3.05, 3.63) is 125 Å². The number of carbonyl (C=O) groups is 3. The summed E-state index contributed by atoms with van der Waals surface area (Å²) in [5.41, 5.74) is 9.42. The van der Waals surface area contributed by atoms with Crippen LogP contribution in [0.15, 0.2) is 97.1 Å². The van der Waals surface area contributed by atoms with Gasteiger partial charge < -0.3 is 30.4 Å². The number of benzene rings is 4. The van der Waals surface area contributed by atoms with Gasteiger partial charge >= 0.3 is 18.0 Å². The van der Waals surface area contributed by atoms with Gasteiger partial charge in [-0.3, -0.25) is 4.79 Å². The molecule has 0 fully saturated rings. The smallest absolute Gasteiger partial charge is 0.408 e. The van der Waals surface area contributed by atoms with Gasteiger partial charge in [0.2, 0.25) is 0 Å². The molecule has 0 radical (unpaired) electrons. The van der Waals surface area contributed by atoms with E-state index in [2.05, 4.69) is 25.0 Å². The Labute approximate surface area is 299 Å². The van der Waals surface area contributed by atoms with Gasteiger partial charge in [-0.05, 0) is 63.7 Å². The zero-order valence-corrected chi connectivity index (χ0v) is 30.2. The number of alkyl carbamates (subject to hydrolysis) is 1. The zero-order valence-electron chi connectivity index (χ0n) is 28.4. The van der Waals surface area contributed by atoms with Crippen molar-refractivity contribution in [1.29, 1.82) is 0 Å². The van der Waals surface area contributed by atoms with Crippen molar-refractivity contribution in [3.63, 3.8) is 0 Å². The molecule has 0 aliphatic rings. The summed E-state index contributed by atoms with van der Waals surface area (Å²) >= 11 is 0. The molecule has 12 heteroatoms. The Kier molecular flexibility index (Phi) is 15.0. The number of rotatable bonds is 16. The lowest BCUT2D eigenvalue weighted by Gasteiger charge is -2.21. The molecule has 0 aliphatic carbocycles. The minimum absolute atomic E-state index is 0. The van der Waals surface area contributed by atoms with E-state index in [0.717, 1.165) is 17.2 Å². The van der Waals surface area contributed by atoms with Gasteiger partial charge in [-0.2, -0.15) is 0 Å². The zero-order chi connectivity index (χ0) is 35.4. The van der Waals surface area contributed by atoms with Crippen molar-refractivity contribution < 1.29 is 38.1 Å². The molecule has 4 rings (SSSR count).